The van der Waals surface area contributed by atoms with Crippen molar-refractivity contribution >= 4 is 5.78 Å². The van der Waals surface area contributed by atoms with Gasteiger partial charge >= 0.3 is 0 Å². The largest absolute Gasteiger partial charge is 0.316 e. The molecule has 4 rings (SSSR count). The number of hydrogen-bond donors (Lipinski definition) is 0. The Balaban J connectivity index is 1.69. The molecule has 0 N–H and O–H groups in total. The van der Waals surface area contributed by atoms with E-state index in [4.69, 9.17) is 0 Å². The average molecular weight is 331 g/mol. The second-order valence-corrected chi connectivity index (χ2v) is 5.97. The molecule has 0 aliphatic heterocycles. The van der Waals surface area contributed by atoms with E-state index in [1.165, 1.54) is 23.5 Å². The Kier molecular flexibility index (Phi) is 3.85. The molecule has 0 fully saturated rings. The molecule has 0 saturated heterocycles. The molecule has 0 atom stereocenters. The van der Waals surface area contributed by atoms with E-state index in [-0.39, 0.29) is 5.56 Å². The van der Waals surface area contributed by atoms with Crippen molar-refractivity contribution in [2.75, 3.05) is 0 Å². The van der Waals surface area contributed by atoms with Crippen LogP contribution in [0.4, 0.5) is 0 Å². The van der Waals surface area contributed by atoms with Crippen LogP contribution in [-0.2, 0) is 13.0 Å². The van der Waals surface area contributed by atoms with Crippen molar-refractivity contribution in [3.8, 4) is 11.4 Å². The topological polar surface area (TPSA) is 65.1 Å². The van der Waals surface area contributed by atoms with E-state index >= 15 is 0 Å². The minimum Gasteiger partial charge on any atom is -0.316 e. The molecule has 0 bridgehead atoms. The van der Waals surface area contributed by atoms with Gasteiger partial charge in [0.15, 0.2) is 0 Å². The molecule has 4 aromatic rings. The second kappa shape index (κ2) is 6.32. The van der Waals surface area contributed by atoms with Crippen molar-refractivity contribution in [1.29, 1.82) is 0 Å². The van der Waals surface area contributed by atoms with E-state index in [1.54, 1.807) is 22.9 Å². The second-order valence-electron chi connectivity index (χ2n) is 5.97. The number of imidazole rings is 1. The molecule has 3 heterocycles. The van der Waals surface area contributed by atoms with Crippen LogP contribution in [0.15, 0.2) is 66.1 Å². The van der Waals surface area contributed by atoms with Crippen LogP contribution in [0, 0.1) is 6.92 Å². The minimum atomic E-state index is -0.118. The lowest BCUT2D eigenvalue weighted by Crippen LogP contribution is -2.14. The highest BCUT2D eigenvalue weighted by atomic mass is 16.1. The van der Waals surface area contributed by atoms with Gasteiger partial charge in [0.2, 0.25) is 5.78 Å². The third kappa shape index (κ3) is 3.06. The van der Waals surface area contributed by atoms with Crippen molar-refractivity contribution < 1.29 is 0 Å². The molecule has 0 radical (unpaired) electrons. The van der Waals surface area contributed by atoms with Gasteiger partial charge in [0.05, 0.1) is 11.4 Å². The third-order valence-corrected chi connectivity index (χ3v) is 4.19. The summed E-state index contributed by atoms with van der Waals surface area (Å²) < 4.78 is 3.55. The Bertz CT molecular complexity index is 1060. The molecule has 0 aliphatic rings. The maximum absolute atomic E-state index is 12.4. The zero-order valence-corrected chi connectivity index (χ0v) is 13.8. The molecule has 0 saturated carbocycles. The van der Waals surface area contributed by atoms with Gasteiger partial charge in [-0.05, 0) is 25.0 Å². The van der Waals surface area contributed by atoms with Gasteiger partial charge in [-0.2, -0.15) is 0 Å². The Morgan fingerprint density at radius 1 is 1.04 bits per heavy atom. The Labute approximate surface area is 144 Å². The fourth-order valence-electron chi connectivity index (χ4n) is 2.79. The standard InChI is InChI=1S/C19H17N5O/c1-14-2-4-15(5-3-14)7-9-23-10-11-24-18(25)12-17(22-19(23)24)16-6-8-20-13-21-16/h2-6,8,10-13H,7,9H2,1H3. The summed E-state index contributed by atoms with van der Waals surface area (Å²) in [7, 11) is 0. The van der Waals surface area contributed by atoms with Gasteiger partial charge in [0.25, 0.3) is 5.56 Å². The van der Waals surface area contributed by atoms with Crippen molar-refractivity contribution in [3.05, 3.63) is 82.8 Å². The summed E-state index contributed by atoms with van der Waals surface area (Å²) in [6, 6.07) is 11.7. The molecular formula is C19H17N5O. The molecule has 124 valence electrons. The van der Waals surface area contributed by atoms with Crippen LogP contribution in [0.5, 0.6) is 0 Å². The van der Waals surface area contributed by atoms with E-state index in [0.29, 0.717) is 17.2 Å². The zero-order valence-electron chi connectivity index (χ0n) is 13.8. The van der Waals surface area contributed by atoms with Gasteiger partial charge < -0.3 is 4.57 Å². The summed E-state index contributed by atoms with van der Waals surface area (Å²) in [5.41, 5.74) is 3.58. The molecular weight excluding hydrogens is 314 g/mol. The lowest BCUT2D eigenvalue weighted by Gasteiger charge is -2.06. The van der Waals surface area contributed by atoms with Crippen LogP contribution >= 0.6 is 0 Å². The number of aromatic nitrogens is 5. The highest BCUT2D eigenvalue weighted by Crippen LogP contribution is 2.13. The molecule has 3 aromatic heterocycles. The number of nitrogens with zero attached hydrogens (tertiary/aromatic N) is 5. The highest BCUT2D eigenvalue weighted by molar-refractivity contribution is 5.55. The van der Waals surface area contributed by atoms with E-state index in [1.807, 2.05) is 10.8 Å². The zero-order chi connectivity index (χ0) is 17.2. The van der Waals surface area contributed by atoms with Gasteiger partial charge in [0, 0.05) is 31.2 Å². The number of hydrogen-bond acceptors (Lipinski definition) is 4. The summed E-state index contributed by atoms with van der Waals surface area (Å²) in [6.07, 6.45) is 7.61. The summed E-state index contributed by atoms with van der Waals surface area (Å²) in [4.78, 5) is 25.1. The SMILES string of the molecule is Cc1ccc(CCn2ccn3c(=O)cc(-c4ccncn4)nc23)cc1. The van der Waals surface area contributed by atoms with Crippen molar-refractivity contribution in [2.24, 2.45) is 0 Å². The fourth-order valence-corrected chi connectivity index (χ4v) is 2.79. The predicted octanol–water partition coefficient (Wildman–Crippen LogP) is 2.50. The molecule has 6 nitrogen and oxygen atoms in total. The van der Waals surface area contributed by atoms with Crippen LogP contribution in [0.1, 0.15) is 11.1 Å². The first-order valence-electron chi connectivity index (χ1n) is 8.11. The van der Waals surface area contributed by atoms with E-state index < -0.39 is 0 Å². The summed E-state index contributed by atoms with van der Waals surface area (Å²) in [5, 5.41) is 0. The van der Waals surface area contributed by atoms with E-state index in [9.17, 15) is 4.79 Å². The Hall–Kier alpha value is -3.28. The van der Waals surface area contributed by atoms with E-state index in [0.717, 1.165) is 13.0 Å². The summed E-state index contributed by atoms with van der Waals surface area (Å²) in [5.74, 6) is 0.619. The van der Waals surface area contributed by atoms with Crippen LogP contribution < -0.4 is 5.56 Å². The van der Waals surface area contributed by atoms with Gasteiger partial charge in [-0.3, -0.25) is 9.20 Å². The number of rotatable bonds is 4. The number of benzene rings is 1. The number of fused-ring (bicyclic) bond motifs is 1. The van der Waals surface area contributed by atoms with Crippen molar-refractivity contribution in [1.82, 2.24) is 23.9 Å². The van der Waals surface area contributed by atoms with E-state index in [2.05, 4.69) is 46.1 Å². The first-order chi connectivity index (χ1) is 12.2. The molecule has 0 amide bonds. The fraction of sp³-hybridized carbons (Fsp3) is 0.158. The van der Waals surface area contributed by atoms with Crippen LogP contribution in [0.2, 0.25) is 0 Å². The average Bonchev–Trinajstić information content (AvgIpc) is 3.06. The van der Waals surface area contributed by atoms with Crippen LogP contribution in [0.3, 0.4) is 0 Å². The third-order valence-electron chi connectivity index (χ3n) is 4.19. The van der Waals surface area contributed by atoms with Gasteiger partial charge in [0.1, 0.15) is 6.33 Å². The first kappa shape index (κ1) is 15.3. The van der Waals surface area contributed by atoms with Crippen LogP contribution in [-0.4, -0.2) is 23.9 Å². The molecule has 1 aromatic carbocycles. The molecule has 6 heteroatoms. The summed E-state index contributed by atoms with van der Waals surface area (Å²) >= 11 is 0. The van der Waals surface area contributed by atoms with Gasteiger partial charge in [-0.1, -0.05) is 29.8 Å². The normalized spacial score (nSPS) is 11.1. The molecule has 25 heavy (non-hydrogen) atoms. The minimum absolute atomic E-state index is 0.118. The quantitative estimate of drug-likeness (QED) is 0.576. The Morgan fingerprint density at radius 3 is 2.64 bits per heavy atom. The van der Waals surface area contributed by atoms with Gasteiger partial charge in [-0.15, -0.1) is 0 Å². The maximum atomic E-state index is 12.4. The smallest absolute Gasteiger partial charge is 0.259 e. The number of aryl methyl sites for hydroxylation is 3. The molecule has 0 spiro atoms. The van der Waals surface area contributed by atoms with Crippen molar-refractivity contribution in [2.45, 2.75) is 19.9 Å². The van der Waals surface area contributed by atoms with Crippen LogP contribution in [0.25, 0.3) is 17.2 Å². The molecule has 0 unspecified atom stereocenters. The summed E-state index contributed by atoms with van der Waals surface area (Å²) in [6.45, 7) is 2.83. The predicted molar refractivity (Wildman–Crippen MR) is 95.4 cm³/mol. The maximum Gasteiger partial charge on any atom is 0.259 e. The first-order valence-corrected chi connectivity index (χ1v) is 8.11. The lowest BCUT2D eigenvalue weighted by molar-refractivity contribution is 0.709. The monoisotopic (exact) mass is 331 g/mol. The molecule has 0 aliphatic carbocycles. The van der Waals surface area contributed by atoms with Crippen molar-refractivity contribution in [3.63, 3.8) is 0 Å². The van der Waals surface area contributed by atoms with Gasteiger partial charge in [-0.25, -0.2) is 15.0 Å². The highest BCUT2D eigenvalue weighted by Gasteiger charge is 2.09. The Morgan fingerprint density at radius 2 is 1.88 bits per heavy atom. The lowest BCUT2D eigenvalue weighted by atomic mass is 10.1.